The summed E-state index contributed by atoms with van der Waals surface area (Å²) in [7, 11) is 0. The molecule has 0 unspecified atom stereocenters. The van der Waals surface area contributed by atoms with Crippen molar-refractivity contribution in [3.8, 4) is 5.69 Å². The van der Waals surface area contributed by atoms with Gasteiger partial charge in [0.25, 0.3) is 5.91 Å². The van der Waals surface area contributed by atoms with Gasteiger partial charge < -0.3 is 21.5 Å². The van der Waals surface area contributed by atoms with Crippen LogP contribution in [0.5, 0.6) is 0 Å². The fraction of sp³-hybridized carbons (Fsp3) is 0.385. The third-order valence-corrected chi connectivity index (χ3v) is 6.18. The zero-order valence-electron chi connectivity index (χ0n) is 21.0. The first-order valence-electron chi connectivity index (χ1n) is 12.0. The Labute approximate surface area is 217 Å². The number of halogens is 3. The van der Waals surface area contributed by atoms with Gasteiger partial charge in [-0.3, -0.25) is 9.59 Å². The standard InChI is InChI=1S/C24H29N5O2.C2HF3O2/c1-24(2,23(31)27-18-10-12-26-13-11-18)14-16-6-8-19(9-7-16)29-15-17-4-3-5-20(22(25)30)21(17)28-29;3-2(4,5)1(6)7/h3-9,15,18,26H,10-14H2,1-2H3,(H2,25,30)(H,27,31);(H,6,7). The monoisotopic (exact) mass is 533 g/mol. The molecule has 1 aliphatic rings. The van der Waals surface area contributed by atoms with E-state index in [2.05, 4.69) is 15.7 Å². The van der Waals surface area contributed by atoms with Crippen LogP contribution in [0.25, 0.3) is 16.6 Å². The van der Waals surface area contributed by atoms with Gasteiger partial charge in [-0.15, -0.1) is 0 Å². The molecule has 38 heavy (non-hydrogen) atoms. The molecular formula is C26H30F3N5O4. The van der Waals surface area contributed by atoms with Crippen molar-refractivity contribution in [2.75, 3.05) is 13.1 Å². The van der Waals surface area contributed by atoms with Crippen LogP contribution in [0, 0.1) is 5.41 Å². The SMILES string of the molecule is CC(C)(Cc1ccc(-n2cc3cccc(C(N)=O)c3n2)cc1)C(=O)NC1CCNCC1.O=C(O)C(F)(F)F. The number of alkyl halides is 3. The van der Waals surface area contributed by atoms with Crippen LogP contribution in [0.4, 0.5) is 13.2 Å². The molecule has 0 radical (unpaired) electrons. The Morgan fingerprint density at radius 3 is 2.26 bits per heavy atom. The normalized spacial score (nSPS) is 14.4. The molecular weight excluding hydrogens is 503 g/mol. The van der Waals surface area contributed by atoms with Crippen molar-refractivity contribution in [1.82, 2.24) is 20.4 Å². The van der Waals surface area contributed by atoms with Gasteiger partial charge in [0.15, 0.2) is 0 Å². The maximum atomic E-state index is 12.8. The van der Waals surface area contributed by atoms with Gasteiger partial charge in [-0.1, -0.05) is 38.1 Å². The number of benzene rings is 2. The van der Waals surface area contributed by atoms with Gasteiger partial charge in [-0.2, -0.15) is 18.3 Å². The molecule has 0 spiro atoms. The average Bonchev–Trinajstić information content (AvgIpc) is 3.29. The maximum Gasteiger partial charge on any atom is 0.490 e. The number of hydrogen-bond acceptors (Lipinski definition) is 5. The summed E-state index contributed by atoms with van der Waals surface area (Å²) in [5.41, 5.74) is 7.94. The number of nitrogens with two attached hydrogens (primary N) is 1. The molecule has 1 aliphatic heterocycles. The summed E-state index contributed by atoms with van der Waals surface area (Å²) in [5, 5.41) is 19.1. The Hall–Kier alpha value is -3.93. The van der Waals surface area contributed by atoms with E-state index in [1.54, 1.807) is 16.8 Å². The summed E-state index contributed by atoms with van der Waals surface area (Å²) in [6.07, 6.45) is -0.595. The molecule has 1 aromatic heterocycles. The molecule has 2 aromatic carbocycles. The highest BCUT2D eigenvalue weighted by Gasteiger charge is 2.38. The maximum absolute atomic E-state index is 12.8. The molecule has 2 amide bonds. The zero-order valence-corrected chi connectivity index (χ0v) is 21.0. The van der Waals surface area contributed by atoms with Crippen molar-refractivity contribution >= 4 is 28.7 Å². The first kappa shape index (κ1) is 28.6. The van der Waals surface area contributed by atoms with Gasteiger partial charge in [-0.25, -0.2) is 9.48 Å². The molecule has 4 rings (SSSR count). The van der Waals surface area contributed by atoms with Crippen molar-refractivity contribution < 1.29 is 32.7 Å². The van der Waals surface area contributed by atoms with Crippen molar-refractivity contribution in [3.05, 3.63) is 59.8 Å². The number of carbonyl (C=O) groups excluding carboxylic acids is 2. The highest BCUT2D eigenvalue weighted by molar-refractivity contribution is 6.04. The van der Waals surface area contributed by atoms with Crippen LogP contribution in [-0.2, 0) is 16.0 Å². The Morgan fingerprint density at radius 1 is 1.11 bits per heavy atom. The highest BCUT2D eigenvalue weighted by Crippen LogP contribution is 2.25. The van der Waals surface area contributed by atoms with Crippen molar-refractivity contribution in [2.24, 2.45) is 11.1 Å². The fourth-order valence-electron chi connectivity index (χ4n) is 4.08. The molecule has 0 atom stereocenters. The van der Waals surface area contributed by atoms with Crippen LogP contribution >= 0.6 is 0 Å². The number of nitrogens with zero attached hydrogens (tertiary/aromatic N) is 2. The van der Waals surface area contributed by atoms with E-state index >= 15 is 0 Å². The minimum absolute atomic E-state index is 0.0979. The number of rotatable bonds is 6. The van der Waals surface area contributed by atoms with Gasteiger partial charge in [0, 0.05) is 23.0 Å². The van der Waals surface area contributed by atoms with E-state index in [0.717, 1.165) is 42.6 Å². The van der Waals surface area contributed by atoms with E-state index in [1.807, 2.05) is 50.4 Å². The number of fused-ring (bicyclic) bond motifs is 1. The third kappa shape index (κ3) is 7.31. The molecule has 2 heterocycles. The van der Waals surface area contributed by atoms with E-state index in [9.17, 15) is 22.8 Å². The van der Waals surface area contributed by atoms with E-state index in [-0.39, 0.29) is 11.9 Å². The number of carboxylic acids is 1. The molecule has 9 nitrogen and oxygen atoms in total. The third-order valence-electron chi connectivity index (χ3n) is 6.18. The lowest BCUT2D eigenvalue weighted by Gasteiger charge is -2.29. The number of primary amides is 1. The lowest BCUT2D eigenvalue weighted by molar-refractivity contribution is -0.192. The molecule has 3 aromatic rings. The summed E-state index contributed by atoms with van der Waals surface area (Å²) in [6.45, 7) is 5.89. The molecule has 12 heteroatoms. The first-order valence-corrected chi connectivity index (χ1v) is 12.0. The number of carbonyl (C=O) groups is 3. The molecule has 0 aliphatic carbocycles. The summed E-state index contributed by atoms with van der Waals surface area (Å²) in [5.74, 6) is -3.15. The zero-order chi connectivity index (χ0) is 28.1. The molecule has 1 saturated heterocycles. The minimum Gasteiger partial charge on any atom is -0.475 e. The highest BCUT2D eigenvalue weighted by atomic mass is 19.4. The molecule has 1 fully saturated rings. The smallest absolute Gasteiger partial charge is 0.475 e. The van der Waals surface area contributed by atoms with Crippen molar-refractivity contribution in [3.63, 3.8) is 0 Å². The topological polar surface area (TPSA) is 139 Å². The molecule has 0 saturated carbocycles. The van der Waals surface area contributed by atoms with E-state index in [4.69, 9.17) is 15.6 Å². The predicted molar refractivity (Wildman–Crippen MR) is 135 cm³/mol. The fourth-order valence-corrected chi connectivity index (χ4v) is 4.08. The molecule has 0 bridgehead atoms. The summed E-state index contributed by atoms with van der Waals surface area (Å²) in [4.78, 5) is 33.4. The summed E-state index contributed by atoms with van der Waals surface area (Å²) >= 11 is 0. The second-order valence-electron chi connectivity index (χ2n) is 9.71. The van der Waals surface area contributed by atoms with Crippen LogP contribution in [0.3, 0.4) is 0 Å². The lowest BCUT2D eigenvalue weighted by atomic mass is 9.84. The lowest BCUT2D eigenvalue weighted by Crippen LogP contribution is -2.47. The van der Waals surface area contributed by atoms with Crippen molar-refractivity contribution in [2.45, 2.75) is 45.3 Å². The van der Waals surface area contributed by atoms with Crippen LogP contribution in [0.15, 0.2) is 48.7 Å². The van der Waals surface area contributed by atoms with Crippen LogP contribution in [-0.4, -0.2) is 58.0 Å². The van der Waals surface area contributed by atoms with Crippen LogP contribution < -0.4 is 16.4 Å². The largest absolute Gasteiger partial charge is 0.490 e. The summed E-state index contributed by atoms with van der Waals surface area (Å²) in [6, 6.07) is 13.7. The number of carboxylic acid groups (broad SMARTS) is 1. The Morgan fingerprint density at radius 2 is 1.71 bits per heavy atom. The molecule has 204 valence electrons. The van der Waals surface area contributed by atoms with E-state index in [1.165, 1.54) is 0 Å². The number of amides is 2. The van der Waals surface area contributed by atoms with Gasteiger partial charge >= 0.3 is 12.1 Å². The number of piperidine rings is 1. The number of aliphatic carboxylic acids is 1. The second kappa shape index (κ2) is 11.6. The number of aromatic nitrogens is 2. The van der Waals surface area contributed by atoms with E-state index < -0.39 is 23.5 Å². The Bertz CT molecular complexity index is 1300. The van der Waals surface area contributed by atoms with Crippen LogP contribution in [0.1, 0.15) is 42.6 Å². The van der Waals surface area contributed by atoms with Crippen LogP contribution in [0.2, 0.25) is 0 Å². The van der Waals surface area contributed by atoms with Gasteiger partial charge in [0.1, 0.15) is 5.52 Å². The number of nitrogens with one attached hydrogen (secondary N) is 2. The Balaban J connectivity index is 0.000000505. The minimum atomic E-state index is -5.08. The van der Waals surface area contributed by atoms with Crippen molar-refractivity contribution in [1.29, 1.82) is 0 Å². The predicted octanol–water partition coefficient (Wildman–Crippen LogP) is 3.19. The quantitative estimate of drug-likeness (QED) is 0.384. The second-order valence-corrected chi connectivity index (χ2v) is 9.71. The van der Waals surface area contributed by atoms with Gasteiger partial charge in [0.05, 0.1) is 11.3 Å². The van der Waals surface area contributed by atoms with E-state index in [0.29, 0.717) is 17.5 Å². The first-order chi connectivity index (χ1) is 17.8. The van der Waals surface area contributed by atoms with Gasteiger partial charge in [-0.05, 0) is 56.1 Å². The molecule has 5 N–H and O–H groups in total. The summed E-state index contributed by atoms with van der Waals surface area (Å²) < 4.78 is 33.5. The Kier molecular flexibility index (Phi) is 8.77. The van der Waals surface area contributed by atoms with Gasteiger partial charge in [0.2, 0.25) is 5.91 Å². The number of hydrogen-bond donors (Lipinski definition) is 4. The average molecular weight is 534 g/mol.